The number of hydrogen-bond donors (Lipinski definition) is 0. The lowest BCUT2D eigenvalue weighted by Crippen LogP contribution is -2.34. The number of fused-ring (bicyclic) bond motifs is 2. The van der Waals surface area contributed by atoms with Crippen molar-refractivity contribution >= 4 is 44.2 Å². The zero-order valence-electron chi connectivity index (χ0n) is 18.2. The fraction of sp³-hybridized carbons (Fsp3) is 0.348. The first-order valence-corrected chi connectivity index (χ1v) is 13.3. The maximum atomic E-state index is 12.9. The third-order valence-electron chi connectivity index (χ3n) is 5.50. The largest absolute Gasteiger partial charge is 0.293 e. The topological polar surface area (TPSA) is 89.3 Å². The van der Waals surface area contributed by atoms with Crippen LogP contribution < -0.4 is 9.86 Å². The first-order valence-electron chi connectivity index (χ1n) is 10.4. The van der Waals surface area contributed by atoms with Crippen LogP contribution in [0.5, 0.6) is 0 Å². The van der Waals surface area contributed by atoms with Crippen LogP contribution in [-0.2, 0) is 16.4 Å². The van der Waals surface area contributed by atoms with Gasteiger partial charge >= 0.3 is 0 Å². The number of benzene rings is 2. The number of aromatic nitrogens is 2. The molecule has 0 unspecified atom stereocenters. The van der Waals surface area contributed by atoms with Gasteiger partial charge in [-0.25, -0.2) is 13.4 Å². The van der Waals surface area contributed by atoms with Crippen LogP contribution in [0.4, 0.5) is 5.69 Å². The number of para-hydroxylation sites is 1. The van der Waals surface area contributed by atoms with Crippen molar-refractivity contribution < 1.29 is 13.2 Å². The van der Waals surface area contributed by atoms with E-state index >= 15 is 0 Å². The minimum atomic E-state index is -3.35. The second kappa shape index (κ2) is 8.71. The number of thioether (sulfide) groups is 1. The molecule has 168 valence electrons. The molecule has 9 heteroatoms. The first kappa shape index (κ1) is 22.5. The highest BCUT2D eigenvalue weighted by Crippen LogP contribution is 2.30. The third-order valence-corrected chi connectivity index (χ3v) is 7.63. The summed E-state index contributed by atoms with van der Waals surface area (Å²) in [6, 6.07) is 12.3. The summed E-state index contributed by atoms with van der Waals surface area (Å²) in [5.74, 6) is 0.0403. The zero-order valence-corrected chi connectivity index (χ0v) is 19.9. The molecule has 0 saturated heterocycles. The van der Waals surface area contributed by atoms with Crippen molar-refractivity contribution in [3.05, 3.63) is 63.9 Å². The van der Waals surface area contributed by atoms with Crippen LogP contribution in [0.25, 0.3) is 10.9 Å². The summed E-state index contributed by atoms with van der Waals surface area (Å²) in [5.41, 5.74) is 2.54. The molecule has 0 bridgehead atoms. The van der Waals surface area contributed by atoms with Gasteiger partial charge in [0.2, 0.25) is 10.0 Å². The van der Waals surface area contributed by atoms with Gasteiger partial charge < -0.3 is 0 Å². The van der Waals surface area contributed by atoms with Gasteiger partial charge in [-0.2, -0.15) is 0 Å². The van der Waals surface area contributed by atoms with Gasteiger partial charge in [0.05, 0.1) is 28.6 Å². The number of nitrogens with zero attached hydrogens (tertiary/aromatic N) is 3. The predicted molar refractivity (Wildman–Crippen MR) is 128 cm³/mol. The zero-order chi connectivity index (χ0) is 23.0. The highest BCUT2D eigenvalue weighted by molar-refractivity contribution is 7.99. The summed E-state index contributed by atoms with van der Waals surface area (Å²) in [6.07, 6.45) is 2.64. The number of aryl methyl sites for hydroxylation is 1. The molecule has 1 aliphatic heterocycles. The van der Waals surface area contributed by atoms with Gasteiger partial charge in [0.1, 0.15) is 0 Å². The molecule has 0 radical (unpaired) electrons. The Bertz CT molecular complexity index is 1360. The summed E-state index contributed by atoms with van der Waals surface area (Å²) in [7, 11) is -3.35. The lowest BCUT2D eigenvalue weighted by Gasteiger charge is -2.29. The number of Topliss-reactive ketones (excluding diaryl/α,β-unsaturated/α-hetero) is 1. The third kappa shape index (κ3) is 4.31. The summed E-state index contributed by atoms with van der Waals surface area (Å²) in [6.45, 7) is 4.29. The van der Waals surface area contributed by atoms with Gasteiger partial charge in [-0.1, -0.05) is 23.9 Å². The van der Waals surface area contributed by atoms with Crippen molar-refractivity contribution in [1.29, 1.82) is 0 Å². The molecule has 3 aromatic rings. The average Bonchev–Trinajstić information content (AvgIpc) is 2.75. The van der Waals surface area contributed by atoms with E-state index in [9.17, 15) is 18.0 Å². The van der Waals surface area contributed by atoms with Crippen LogP contribution in [-0.4, -0.2) is 42.3 Å². The summed E-state index contributed by atoms with van der Waals surface area (Å²) >= 11 is 1.25. The Morgan fingerprint density at radius 2 is 1.94 bits per heavy atom. The van der Waals surface area contributed by atoms with E-state index in [4.69, 9.17) is 0 Å². The fourth-order valence-corrected chi connectivity index (χ4v) is 6.00. The molecule has 0 spiro atoms. The quantitative estimate of drug-likeness (QED) is 0.310. The van der Waals surface area contributed by atoms with Crippen molar-refractivity contribution in [2.24, 2.45) is 0 Å². The molecule has 2 aromatic carbocycles. The molecule has 7 nitrogen and oxygen atoms in total. The Morgan fingerprint density at radius 3 is 2.66 bits per heavy atom. The highest BCUT2D eigenvalue weighted by Gasteiger charge is 2.25. The molecule has 1 aliphatic rings. The monoisotopic (exact) mass is 471 g/mol. The molecular weight excluding hydrogens is 446 g/mol. The Kier molecular flexibility index (Phi) is 6.13. The van der Waals surface area contributed by atoms with E-state index in [1.165, 1.54) is 22.3 Å². The predicted octanol–water partition coefficient (Wildman–Crippen LogP) is 3.66. The van der Waals surface area contributed by atoms with E-state index in [2.05, 4.69) is 4.98 Å². The summed E-state index contributed by atoms with van der Waals surface area (Å²) < 4.78 is 27.1. The number of ketones is 1. The SMILES string of the molecule is CC(C)n1c(SCC(=O)c2ccc3c(c2)CCCN3S(C)(=O)=O)nc2ccccc2c1=O. The second-order valence-corrected chi connectivity index (χ2v) is 11.0. The van der Waals surface area contributed by atoms with Gasteiger partial charge in [-0.05, 0) is 62.6 Å². The van der Waals surface area contributed by atoms with E-state index in [-0.39, 0.29) is 23.1 Å². The van der Waals surface area contributed by atoms with E-state index < -0.39 is 10.0 Å². The van der Waals surface area contributed by atoms with Crippen molar-refractivity contribution in [3.8, 4) is 0 Å². The molecule has 4 rings (SSSR count). The maximum Gasteiger partial charge on any atom is 0.262 e. The lowest BCUT2D eigenvalue weighted by atomic mass is 9.99. The smallest absolute Gasteiger partial charge is 0.262 e. The molecule has 0 atom stereocenters. The van der Waals surface area contributed by atoms with Crippen LogP contribution in [0.15, 0.2) is 52.4 Å². The van der Waals surface area contributed by atoms with Crippen LogP contribution in [0.1, 0.15) is 42.2 Å². The Balaban J connectivity index is 1.60. The minimum absolute atomic E-state index is 0.0907. The Morgan fingerprint density at radius 1 is 1.19 bits per heavy atom. The number of rotatable bonds is 6. The van der Waals surface area contributed by atoms with Crippen LogP contribution in [0.2, 0.25) is 0 Å². The first-order chi connectivity index (χ1) is 15.2. The standard InChI is InChI=1S/C23H25N3O4S2/c1-15(2)26-22(28)18-8-4-5-9-19(18)24-23(26)31-14-21(27)17-10-11-20-16(13-17)7-6-12-25(20)32(3,29)30/h4-5,8-11,13,15H,6-7,12,14H2,1-3H3. The summed E-state index contributed by atoms with van der Waals surface area (Å²) in [5, 5.41) is 1.07. The molecule has 0 aliphatic carbocycles. The Hall–Kier alpha value is -2.65. The molecular formula is C23H25N3O4S2. The molecule has 0 saturated carbocycles. The van der Waals surface area contributed by atoms with Gasteiger partial charge in [-0.3, -0.25) is 18.5 Å². The maximum absolute atomic E-state index is 12.9. The molecule has 1 aromatic heterocycles. The molecule has 0 N–H and O–H groups in total. The van der Waals surface area contributed by atoms with Crippen LogP contribution in [0, 0.1) is 0 Å². The normalized spacial score (nSPS) is 14.1. The fourth-order valence-electron chi connectivity index (χ4n) is 3.98. The second-order valence-electron chi connectivity index (χ2n) is 8.17. The highest BCUT2D eigenvalue weighted by atomic mass is 32.2. The van der Waals surface area contributed by atoms with E-state index in [1.807, 2.05) is 26.0 Å². The van der Waals surface area contributed by atoms with Crippen molar-refractivity contribution in [3.63, 3.8) is 0 Å². The van der Waals surface area contributed by atoms with E-state index in [0.29, 0.717) is 40.3 Å². The van der Waals surface area contributed by atoms with Gasteiger partial charge in [0, 0.05) is 18.2 Å². The summed E-state index contributed by atoms with van der Waals surface area (Å²) in [4.78, 5) is 30.5. The minimum Gasteiger partial charge on any atom is -0.293 e. The van der Waals surface area contributed by atoms with Gasteiger partial charge in [0.15, 0.2) is 10.9 Å². The number of carbonyl (C=O) groups is 1. The van der Waals surface area contributed by atoms with Crippen molar-refractivity contribution in [2.75, 3.05) is 22.9 Å². The number of hydrogen-bond acceptors (Lipinski definition) is 6. The molecule has 32 heavy (non-hydrogen) atoms. The average molecular weight is 472 g/mol. The Labute approximate surface area is 191 Å². The van der Waals surface area contributed by atoms with Crippen LogP contribution >= 0.6 is 11.8 Å². The van der Waals surface area contributed by atoms with E-state index in [0.717, 1.165) is 12.0 Å². The van der Waals surface area contributed by atoms with E-state index in [1.54, 1.807) is 34.9 Å². The van der Waals surface area contributed by atoms with Gasteiger partial charge in [-0.15, -0.1) is 0 Å². The lowest BCUT2D eigenvalue weighted by molar-refractivity contribution is 0.102. The molecule has 0 amide bonds. The van der Waals surface area contributed by atoms with Crippen molar-refractivity contribution in [2.45, 2.75) is 37.9 Å². The van der Waals surface area contributed by atoms with Crippen LogP contribution in [0.3, 0.4) is 0 Å². The number of anilines is 1. The van der Waals surface area contributed by atoms with Crippen molar-refractivity contribution in [1.82, 2.24) is 9.55 Å². The molecule has 0 fully saturated rings. The number of carbonyl (C=O) groups excluding carboxylic acids is 1. The van der Waals surface area contributed by atoms with Gasteiger partial charge in [0.25, 0.3) is 5.56 Å². The number of sulfonamides is 1. The molecule has 2 heterocycles.